The van der Waals surface area contributed by atoms with E-state index < -0.39 is 28.1 Å². The Morgan fingerprint density at radius 3 is 2.31 bits per heavy atom. The molecule has 1 heterocycles. The molecule has 3 N–H and O–H groups in total. The predicted molar refractivity (Wildman–Crippen MR) is 170 cm³/mol. The van der Waals surface area contributed by atoms with E-state index in [4.69, 9.17) is 14.2 Å². The van der Waals surface area contributed by atoms with Gasteiger partial charge in [0, 0.05) is 39.2 Å². The monoisotopic (exact) mass is 648 g/mol. The van der Waals surface area contributed by atoms with Gasteiger partial charge in [-0.25, -0.2) is 13.4 Å². The molecular formula is C32H48N4O8S. The highest BCUT2D eigenvalue weighted by Crippen LogP contribution is 2.33. The number of amides is 2. The lowest BCUT2D eigenvalue weighted by molar-refractivity contribution is -0.148. The van der Waals surface area contributed by atoms with Crippen molar-refractivity contribution in [3.8, 4) is 11.5 Å². The molecule has 0 aromatic heterocycles. The Hall–Kier alpha value is -3.23. The topological polar surface area (TPSA) is 147 Å². The van der Waals surface area contributed by atoms with Gasteiger partial charge < -0.3 is 24.6 Å². The molecule has 2 aromatic carbocycles. The van der Waals surface area contributed by atoms with E-state index in [1.807, 2.05) is 58.0 Å². The van der Waals surface area contributed by atoms with Gasteiger partial charge in [0.15, 0.2) is 11.5 Å². The number of hydrazine groups is 1. The Kier molecular flexibility index (Phi) is 14.1. The number of hydrogen-bond donors (Lipinski definition) is 3. The van der Waals surface area contributed by atoms with Crippen molar-refractivity contribution < 1.29 is 37.3 Å². The number of nitrogens with one attached hydrogen (secondary N) is 2. The minimum absolute atomic E-state index is 0.00221. The average Bonchev–Trinajstić information content (AvgIpc) is 3.00. The minimum Gasteiger partial charge on any atom is -0.486 e. The van der Waals surface area contributed by atoms with Crippen LogP contribution in [0.1, 0.15) is 39.7 Å². The van der Waals surface area contributed by atoms with Crippen LogP contribution in [-0.4, -0.2) is 99.9 Å². The van der Waals surface area contributed by atoms with Crippen molar-refractivity contribution in [3.63, 3.8) is 0 Å². The molecule has 45 heavy (non-hydrogen) atoms. The largest absolute Gasteiger partial charge is 0.486 e. The quantitative estimate of drug-likeness (QED) is 0.174. The van der Waals surface area contributed by atoms with Gasteiger partial charge in [-0.1, -0.05) is 58.0 Å². The molecule has 13 heteroatoms. The third-order valence-electron chi connectivity index (χ3n) is 7.04. The standard InChI is InChI=1S/C32H48N4O8S/c1-23(2)17-32(39)36(34-31(38)20-33-13-14-42-5)27(18-25-9-7-6-8-10-25)28(37)22-35(21-24(3)4)45(40,41)26-11-12-29-30(19-26)44-16-15-43-29/h6-12,19,23-24,27-28,33,37H,13-18,20-22H2,1-5H3,(H,34,38)/t27?,28-/m1/s1. The van der Waals surface area contributed by atoms with E-state index in [0.717, 1.165) is 5.56 Å². The van der Waals surface area contributed by atoms with Crippen LogP contribution in [0.15, 0.2) is 53.4 Å². The van der Waals surface area contributed by atoms with E-state index >= 15 is 0 Å². The number of aliphatic hydroxyl groups excluding tert-OH is 1. The maximum atomic E-state index is 14.0. The first kappa shape index (κ1) is 36.2. The number of carbonyl (C=O) groups is 2. The molecule has 1 aliphatic rings. The highest BCUT2D eigenvalue weighted by molar-refractivity contribution is 7.89. The van der Waals surface area contributed by atoms with E-state index in [2.05, 4.69) is 10.7 Å². The lowest BCUT2D eigenvalue weighted by atomic mass is 9.99. The summed E-state index contributed by atoms with van der Waals surface area (Å²) in [4.78, 5) is 26.6. The Balaban J connectivity index is 1.96. The molecule has 0 fully saturated rings. The maximum absolute atomic E-state index is 14.0. The Morgan fingerprint density at radius 1 is 0.978 bits per heavy atom. The summed E-state index contributed by atoms with van der Waals surface area (Å²) in [5.41, 5.74) is 3.51. The van der Waals surface area contributed by atoms with Crippen LogP contribution in [0.25, 0.3) is 0 Å². The van der Waals surface area contributed by atoms with Crippen molar-refractivity contribution in [2.75, 3.05) is 53.1 Å². The highest BCUT2D eigenvalue weighted by Gasteiger charge is 2.36. The van der Waals surface area contributed by atoms with Gasteiger partial charge in [-0.2, -0.15) is 4.31 Å². The predicted octanol–water partition coefficient (Wildman–Crippen LogP) is 2.22. The van der Waals surface area contributed by atoms with Gasteiger partial charge in [0.05, 0.1) is 30.2 Å². The molecule has 1 aliphatic heterocycles. The van der Waals surface area contributed by atoms with Crippen LogP contribution in [-0.2, 0) is 30.8 Å². The number of benzene rings is 2. The SMILES string of the molecule is COCCNCC(=O)NN(C(=O)CC(C)C)C(Cc1ccccc1)[C@H](O)CN(CC(C)C)S(=O)(=O)c1ccc2c(c1)OCCO2. The number of sulfonamides is 1. The molecule has 0 spiro atoms. The van der Waals surface area contributed by atoms with Gasteiger partial charge in [-0.3, -0.25) is 15.0 Å². The number of ether oxygens (including phenoxy) is 3. The molecule has 0 aliphatic carbocycles. The number of rotatable bonds is 17. The smallest absolute Gasteiger partial charge is 0.252 e. The molecule has 250 valence electrons. The van der Waals surface area contributed by atoms with Crippen LogP contribution < -0.4 is 20.2 Å². The second-order valence-electron chi connectivity index (χ2n) is 11.9. The van der Waals surface area contributed by atoms with Crippen molar-refractivity contribution in [1.82, 2.24) is 20.1 Å². The summed E-state index contributed by atoms with van der Waals surface area (Å²) in [6.45, 7) is 8.77. The van der Waals surface area contributed by atoms with E-state index in [-0.39, 0.29) is 55.1 Å². The molecule has 2 aromatic rings. The fourth-order valence-electron chi connectivity index (χ4n) is 4.92. The Bertz CT molecular complexity index is 1340. The maximum Gasteiger partial charge on any atom is 0.252 e. The second-order valence-corrected chi connectivity index (χ2v) is 13.8. The van der Waals surface area contributed by atoms with Crippen molar-refractivity contribution in [2.24, 2.45) is 11.8 Å². The van der Waals surface area contributed by atoms with E-state index in [9.17, 15) is 23.1 Å². The van der Waals surface area contributed by atoms with Crippen LogP contribution in [0.5, 0.6) is 11.5 Å². The van der Waals surface area contributed by atoms with Crippen LogP contribution >= 0.6 is 0 Å². The molecule has 1 unspecified atom stereocenters. The van der Waals surface area contributed by atoms with Gasteiger partial charge in [-0.15, -0.1) is 0 Å². The molecular weight excluding hydrogens is 600 g/mol. The number of hydrogen-bond acceptors (Lipinski definition) is 9. The molecule has 0 bridgehead atoms. The Labute approximate surface area is 267 Å². The normalized spacial score (nSPS) is 14.4. The fourth-order valence-corrected chi connectivity index (χ4v) is 6.56. The van der Waals surface area contributed by atoms with Crippen molar-refractivity contribution in [1.29, 1.82) is 0 Å². The summed E-state index contributed by atoms with van der Waals surface area (Å²) < 4.78 is 45.5. The number of aliphatic hydroxyl groups is 1. The van der Waals surface area contributed by atoms with E-state index in [0.29, 0.717) is 37.9 Å². The lowest BCUT2D eigenvalue weighted by Gasteiger charge is -2.37. The van der Waals surface area contributed by atoms with Gasteiger partial charge in [0.1, 0.15) is 13.2 Å². The summed E-state index contributed by atoms with van der Waals surface area (Å²) in [6, 6.07) is 12.7. The third-order valence-corrected chi connectivity index (χ3v) is 8.87. The van der Waals surface area contributed by atoms with Crippen molar-refractivity contribution in [2.45, 2.75) is 57.6 Å². The molecule has 0 saturated carbocycles. The number of fused-ring (bicyclic) bond motifs is 1. The molecule has 2 amide bonds. The number of nitrogens with zero attached hydrogens (tertiary/aromatic N) is 2. The summed E-state index contributed by atoms with van der Waals surface area (Å²) >= 11 is 0. The lowest BCUT2D eigenvalue weighted by Crippen LogP contribution is -2.60. The number of methoxy groups -OCH3 is 1. The van der Waals surface area contributed by atoms with Crippen molar-refractivity contribution in [3.05, 3.63) is 54.1 Å². The second kappa shape index (κ2) is 17.5. The first-order chi connectivity index (χ1) is 21.4. The molecule has 0 saturated heterocycles. The van der Waals surface area contributed by atoms with Crippen LogP contribution in [0.2, 0.25) is 0 Å². The molecule has 12 nitrogen and oxygen atoms in total. The van der Waals surface area contributed by atoms with Gasteiger partial charge in [0.2, 0.25) is 15.9 Å². The average molecular weight is 649 g/mol. The minimum atomic E-state index is -4.11. The van der Waals surface area contributed by atoms with Crippen LogP contribution in [0, 0.1) is 11.8 Å². The summed E-state index contributed by atoms with van der Waals surface area (Å²) in [5.74, 6) is -0.170. The third kappa shape index (κ3) is 11.0. The van der Waals surface area contributed by atoms with E-state index in [1.165, 1.54) is 21.4 Å². The molecule has 0 radical (unpaired) electrons. The first-order valence-electron chi connectivity index (χ1n) is 15.3. The summed E-state index contributed by atoms with van der Waals surface area (Å²) in [5, 5.41) is 16.0. The van der Waals surface area contributed by atoms with Crippen LogP contribution in [0.4, 0.5) is 0 Å². The summed E-state index contributed by atoms with van der Waals surface area (Å²) in [6.07, 6.45) is -1.09. The van der Waals surface area contributed by atoms with Crippen molar-refractivity contribution >= 4 is 21.8 Å². The zero-order chi connectivity index (χ0) is 33.0. The Morgan fingerprint density at radius 2 is 1.67 bits per heavy atom. The highest BCUT2D eigenvalue weighted by atomic mass is 32.2. The first-order valence-corrected chi connectivity index (χ1v) is 16.8. The fraction of sp³-hybridized carbons (Fsp3) is 0.562. The van der Waals surface area contributed by atoms with Gasteiger partial charge in [-0.05, 0) is 36.0 Å². The zero-order valence-corrected chi connectivity index (χ0v) is 27.7. The van der Waals surface area contributed by atoms with Gasteiger partial charge in [0.25, 0.3) is 5.91 Å². The van der Waals surface area contributed by atoms with Crippen LogP contribution in [0.3, 0.4) is 0 Å². The summed E-state index contributed by atoms with van der Waals surface area (Å²) in [7, 11) is -2.56. The molecule has 3 rings (SSSR count). The van der Waals surface area contributed by atoms with E-state index in [1.54, 1.807) is 13.2 Å². The zero-order valence-electron chi connectivity index (χ0n) is 26.9. The molecule has 2 atom stereocenters. The van der Waals surface area contributed by atoms with Gasteiger partial charge >= 0.3 is 0 Å². The number of carbonyl (C=O) groups excluding carboxylic acids is 2.